The molecule has 10 nitrogen and oxygen atoms in total. The van der Waals surface area contributed by atoms with Gasteiger partial charge in [-0.25, -0.2) is 0 Å². The van der Waals surface area contributed by atoms with Crippen molar-refractivity contribution in [1.82, 2.24) is 0 Å². The molecule has 0 heterocycles. The average molecular weight is 978 g/mol. The van der Waals surface area contributed by atoms with Crippen LogP contribution < -0.4 is 14.2 Å². The van der Waals surface area contributed by atoms with E-state index in [1.165, 1.54) is 23.1 Å². The first-order chi connectivity index (χ1) is 33.7. The fourth-order valence-electron chi connectivity index (χ4n) is 5.06. The number of rotatable bonds is 33. The minimum Gasteiger partial charge on any atom is -0.494 e. The molecule has 0 fully saturated rings. The van der Waals surface area contributed by atoms with Crippen LogP contribution in [0, 0.1) is 0 Å². The fraction of sp³-hybridized carbons (Fsp3) is 0.695. The van der Waals surface area contributed by atoms with Gasteiger partial charge in [-0.2, -0.15) is 0 Å². The molecule has 0 aromatic heterocycles. The summed E-state index contributed by atoms with van der Waals surface area (Å²) in [7, 11) is 0. The Hall–Kier alpha value is -3.22. The Morgan fingerprint density at radius 3 is 0.841 bits per heavy atom. The Morgan fingerprint density at radius 2 is 0.522 bits per heavy atom. The average Bonchev–Trinajstić information content (AvgIpc) is 3.38. The van der Waals surface area contributed by atoms with Gasteiger partial charge in [-0.1, -0.05) is 105 Å². The minimum absolute atomic E-state index is 0.630. The maximum Gasteiger partial charge on any atom is 0.119 e. The molecule has 0 radical (unpaired) electrons. The van der Waals surface area contributed by atoms with E-state index in [1.54, 1.807) is 0 Å². The number of hydrogen-bond acceptors (Lipinski definition) is 10. The standard InChI is InChI=1S/C14H22O2.C13H20O2.C10H14O.C8H18O2.C7H16O2.C4H10O.C3H8/c1-3-10-15-11-5-12-16-14-8-6-13(4-2)7-9-14;1-3-9-14-10-11-15-13-7-5-12(4-2)6-8-13;1-3-9-5-7-10(8-6-9)11-4-2;1-3-6-10-8-5-7-9-4-2;1-3-5-9-7-6-8-4-2;1-3-5-4-2;1-3-2/h6-9H,3-5,10-12H2,1-2H3;5-8H,3-4,9-11H2,1-2H3;5-8H,3-4H2,1-2H3;3-8H2,1-2H3;3-7H2,1-2H3;3-4H2,1-2H3;3H2,1-2H3. The van der Waals surface area contributed by atoms with Crippen LogP contribution in [0.25, 0.3) is 0 Å². The van der Waals surface area contributed by atoms with Gasteiger partial charge in [-0.05, 0) is 139 Å². The highest BCUT2D eigenvalue weighted by atomic mass is 16.5. The van der Waals surface area contributed by atoms with Gasteiger partial charge in [0.2, 0.25) is 0 Å². The monoisotopic (exact) mass is 977 g/mol. The van der Waals surface area contributed by atoms with Gasteiger partial charge in [0.25, 0.3) is 0 Å². The largest absolute Gasteiger partial charge is 0.494 e. The molecule has 0 N–H and O–H groups in total. The molecule has 0 saturated heterocycles. The highest BCUT2D eigenvalue weighted by Gasteiger charge is 1.96. The molecular formula is C59H108O10. The van der Waals surface area contributed by atoms with Gasteiger partial charge >= 0.3 is 0 Å². The molecule has 0 aliphatic rings. The molecule has 404 valence electrons. The minimum atomic E-state index is 0.630. The zero-order chi connectivity index (χ0) is 52.1. The van der Waals surface area contributed by atoms with Crippen molar-refractivity contribution >= 4 is 0 Å². The van der Waals surface area contributed by atoms with Crippen LogP contribution in [0.3, 0.4) is 0 Å². The molecule has 3 aromatic rings. The van der Waals surface area contributed by atoms with E-state index in [9.17, 15) is 0 Å². The van der Waals surface area contributed by atoms with E-state index in [0.29, 0.717) is 13.2 Å². The summed E-state index contributed by atoms with van der Waals surface area (Å²) >= 11 is 0. The van der Waals surface area contributed by atoms with Crippen LogP contribution in [0.15, 0.2) is 72.8 Å². The number of benzene rings is 3. The lowest BCUT2D eigenvalue weighted by Gasteiger charge is -2.07. The first-order valence-electron chi connectivity index (χ1n) is 26.9. The lowest BCUT2D eigenvalue weighted by molar-refractivity contribution is 0.0531. The second-order valence-electron chi connectivity index (χ2n) is 15.2. The molecule has 0 unspecified atom stereocenters. The Morgan fingerprint density at radius 1 is 0.246 bits per heavy atom. The van der Waals surface area contributed by atoms with Crippen molar-refractivity contribution in [1.29, 1.82) is 0 Å². The SMILES string of the molecule is CCC.CCCOCCCOCC.CCCOCCCOc1ccc(CC)cc1.CCCOCCOCC.CCCOCCOc1ccc(CC)cc1.CCOCC.CCOc1ccc(CC)cc1. The molecule has 3 aromatic carbocycles. The summed E-state index contributed by atoms with van der Waals surface area (Å²) in [5.41, 5.74) is 4.04. The highest BCUT2D eigenvalue weighted by Crippen LogP contribution is 2.14. The Kier molecular flexibility index (Phi) is 67.9. The Balaban J connectivity index is -0.000000373. The summed E-state index contributed by atoms with van der Waals surface area (Å²) in [6, 6.07) is 24.8. The first-order valence-corrected chi connectivity index (χ1v) is 26.9. The molecule has 0 aliphatic heterocycles. The third kappa shape index (κ3) is 59.0. The summed E-state index contributed by atoms with van der Waals surface area (Å²) in [6.45, 7) is 42.5. The number of hydrogen-bond donors (Lipinski definition) is 0. The summed E-state index contributed by atoms with van der Waals surface area (Å²) < 4.78 is 52.6. The third-order valence-corrected chi connectivity index (χ3v) is 8.66. The van der Waals surface area contributed by atoms with E-state index in [0.717, 1.165) is 174 Å². The molecule has 0 amide bonds. The van der Waals surface area contributed by atoms with Crippen LogP contribution in [-0.4, -0.2) is 112 Å². The van der Waals surface area contributed by atoms with Gasteiger partial charge in [0.05, 0.1) is 33.0 Å². The van der Waals surface area contributed by atoms with Crippen molar-refractivity contribution in [2.24, 2.45) is 0 Å². The molecule has 0 saturated carbocycles. The summed E-state index contributed by atoms with van der Waals surface area (Å²) in [6.07, 6.45) is 10.8. The molecule has 0 atom stereocenters. The van der Waals surface area contributed by atoms with Crippen molar-refractivity contribution in [2.45, 2.75) is 161 Å². The van der Waals surface area contributed by atoms with Crippen molar-refractivity contribution in [3.8, 4) is 17.2 Å². The van der Waals surface area contributed by atoms with E-state index in [4.69, 9.17) is 47.4 Å². The van der Waals surface area contributed by atoms with Gasteiger partial charge in [-0.3, -0.25) is 0 Å². The first kappa shape index (κ1) is 72.3. The van der Waals surface area contributed by atoms with Crippen LogP contribution in [0.2, 0.25) is 0 Å². The zero-order valence-corrected chi connectivity index (χ0v) is 47.1. The normalized spacial score (nSPS) is 9.83. The van der Waals surface area contributed by atoms with Gasteiger partial charge < -0.3 is 47.4 Å². The molecule has 0 spiro atoms. The van der Waals surface area contributed by atoms with Crippen molar-refractivity contribution in [2.75, 3.05) is 112 Å². The van der Waals surface area contributed by atoms with Crippen LogP contribution in [-0.2, 0) is 52.4 Å². The maximum absolute atomic E-state index is 5.61. The highest BCUT2D eigenvalue weighted by molar-refractivity contribution is 5.28. The molecule has 69 heavy (non-hydrogen) atoms. The topological polar surface area (TPSA) is 92.3 Å². The van der Waals surface area contributed by atoms with Crippen LogP contribution in [0.1, 0.15) is 159 Å². The summed E-state index contributed by atoms with van der Waals surface area (Å²) in [4.78, 5) is 0. The van der Waals surface area contributed by atoms with Gasteiger partial charge in [-0.15, -0.1) is 0 Å². The van der Waals surface area contributed by atoms with E-state index < -0.39 is 0 Å². The Bertz CT molecular complexity index is 1290. The maximum atomic E-state index is 5.61. The van der Waals surface area contributed by atoms with Gasteiger partial charge in [0.1, 0.15) is 23.9 Å². The quantitative estimate of drug-likeness (QED) is 0.0549. The van der Waals surface area contributed by atoms with E-state index in [-0.39, 0.29) is 0 Å². The molecular weight excluding hydrogens is 869 g/mol. The molecule has 10 heteroatoms. The van der Waals surface area contributed by atoms with Crippen LogP contribution in [0.5, 0.6) is 17.2 Å². The predicted octanol–water partition coefficient (Wildman–Crippen LogP) is 14.9. The Labute approximate surface area is 426 Å². The molecule has 3 rings (SSSR count). The second-order valence-corrected chi connectivity index (χ2v) is 15.2. The van der Waals surface area contributed by atoms with Crippen molar-refractivity contribution in [3.63, 3.8) is 0 Å². The fourth-order valence-corrected chi connectivity index (χ4v) is 5.06. The second kappa shape index (κ2) is 64.8. The van der Waals surface area contributed by atoms with Gasteiger partial charge in [0, 0.05) is 79.1 Å². The van der Waals surface area contributed by atoms with E-state index in [1.807, 2.05) is 71.0 Å². The number of ether oxygens (including phenoxy) is 10. The predicted molar refractivity (Wildman–Crippen MR) is 294 cm³/mol. The van der Waals surface area contributed by atoms with Crippen LogP contribution in [0.4, 0.5) is 0 Å². The lowest BCUT2D eigenvalue weighted by Crippen LogP contribution is -2.06. The van der Waals surface area contributed by atoms with E-state index in [2.05, 4.69) is 98.7 Å². The van der Waals surface area contributed by atoms with Crippen LogP contribution >= 0.6 is 0 Å². The smallest absolute Gasteiger partial charge is 0.119 e. The third-order valence-electron chi connectivity index (χ3n) is 8.66. The lowest BCUT2D eigenvalue weighted by atomic mass is 10.2. The van der Waals surface area contributed by atoms with E-state index >= 15 is 0 Å². The zero-order valence-electron chi connectivity index (χ0n) is 47.1. The van der Waals surface area contributed by atoms with Crippen molar-refractivity contribution in [3.05, 3.63) is 89.5 Å². The van der Waals surface area contributed by atoms with Crippen molar-refractivity contribution < 1.29 is 47.4 Å². The van der Waals surface area contributed by atoms with Gasteiger partial charge in [0.15, 0.2) is 0 Å². The summed E-state index contributed by atoms with van der Waals surface area (Å²) in [5, 5.41) is 0. The summed E-state index contributed by atoms with van der Waals surface area (Å²) in [5.74, 6) is 2.84. The number of aryl methyl sites for hydroxylation is 3. The molecule has 0 bridgehead atoms. The molecule has 0 aliphatic carbocycles.